The number of hydrogen-bond acceptors (Lipinski definition) is 2. The molecule has 0 atom stereocenters. The van der Waals surface area contributed by atoms with E-state index in [1.54, 1.807) is 25.3 Å². The highest BCUT2D eigenvalue weighted by Gasteiger charge is 2.14. The van der Waals surface area contributed by atoms with Crippen molar-refractivity contribution in [3.8, 4) is 16.9 Å². The number of hydrogen-bond donors (Lipinski definition) is 1. The SMILES string of the molecule is COc1ccc(C)cc1-c1ccccc1C(=O)O. The Kier molecular flexibility index (Phi) is 3.33. The molecule has 92 valence electrons. The Balaban J connectivity index is 2.68. The lowest BCUT2D eigenvalue weighted by Crippen LogP contribution is -2.00. The predicted molar refractivity (Wildman–Crippen MR) is 70.1 cm³/mol. The van der Waals surface area contributed by atoms with Crippen LogP contribution in [0, 0.1) is 6.92 Å². The number of benzene rings is 2. The summed E-state index contributed by atoms with van der Waals surface area (Å²) in [4.78, 5) is 11.2. The molecule has 3 nitrogen and oxygen atoms in total. The van der Waals surface area contributed by atoms with Crippen LogP contribution in [0.25, 0.3) is 11.1 Å². The summed E-state index contributed by atoms with van der Waals surface area (Å²) < 4.78 is 5.30. The first kappa shape index (κ1) is 12.2. The highest BCUT2D eigenvalue weighted by molar-refractivity contribution is 5.97. The first-order chi connectivity index (χ1) is 8.63. The molecule has 0 unspecified atom stereocenters. The first-order valence-electron chi connectivity index (χ1n) is 5.61. The van der Waals surface area contributed by atoms with Crippen LogP contribution < -0.4 is 4.74 Å². The molecule has 2 rings (SSSR count). The maximum absolute atomic E-state index is 11.2. The molecule has 0 fully saturated rings. The number of methoxy groups -OCH3 is 1. The molecule has 2 aromatic rings. The smallest absolute Gasteiger partial charge is 0.336 e. The van der Waals surface area contributed by atoms with E-state index in [4.69, 9.17) is 4.74 Å². The zero-order valence-electron chi connectivity index (χ0n) is 10.3. The third kappa shape index (κ3) is 2.20. The second kappa shape index (κ2) is 4.92. The van der Waals surface area contributed by atoms with Gasteiger partial charge in [-0.25, -0.2) is 4.79 Å². The van der Waals surface area contributed by atoms with Gasteiger partial charge in [0, 0.05) is 5.56 Å². The fourth-order valence-electron chi connectivity index (χ4n) is 1.94. The van der Waals surface area contributed by atoms with E-state index in [1.807, 2.05) is 31.2 Å². The van der Waals surface area contributed by atoms with Gasteiger partial charge in [-0.2, -0.15) is 0 Å². The van der Waals surface area contributed by atoms with E-state index >= 15 is 0 Å². The van der Waals surface area contributed by atoms with Crippen molar-refractivity contribution in [3.63, 3.8) is 0 Å². The lowest BCUT2D eigenvalue weighted by atomic mass is 9.97. The summed E-state index contributed by atoms with van der Waals surface area (Å²) in [6.07, 6.45) is 0. The van der Waals surface area contributed by atoms with Crippen molar-refractivity contribution >= 4 is 5.97 Å². The fraction of sp³-hybridized carbons (Fsp3) is 0.133. The van der Waals surface area contributed by atoms with Crippen LogP contribution in [0.4, 0.5) is 0 Å². The lowest BCUT2D eigenvalue weighted by molar-refractivity contribution is 0.0697. The van der Waals surface area contributed by atoms with Crippen LogP contribution in [0.3, 0.4) is 0 Å². The quantitative estimate of drug-likeness (QED) is 0.897. The molecule has 0 saturated carbocycles. The average molecular weight is 242 g/mol. The van der Waals surface area contributed by atoms with Gasteiger partial charge in [0.2, 0.25) is 0 Å². The molecule has 0 amide bonds. The molecule has 0 spiro atoms. The maximum atomic E-state index is 11.2. The molecular formula is C15H14O3. The van der Waals surface area contributed by atoms with Gasteiger partial charge in [0.25, 0.3) is 0 Å². The van der Waals surface area contributed by atoms with Gasteiger partial charge in [0.15, 0.2) is 0 Å². The summed E-state index contributed by atoms with van der Waals surface area (Å²) in [6.45, 7) is 1.96. The van der Waals surface area contributed by atoms with E-state index in [-0.39, 0.29) is 5.56 Å². The molecule has 1 N–H and O–H groups in total. The number of rotatable bonds is 3. The minimum atomic E-state index is -0.936. The second-order valence-electron chi connectivity index (χ2n) is 4.05. The largest absolute Gasteiger partial charge is 0.496 e. The predicted octanol–water partition coefficient (Wildman–Crippen LogP) is 3.37. The van der Waals surface area contributed by atoms with Gasteiger partial charge in [0.05, 0.1) is 12.7 Å². The van der Waals surface area contributed by atoms with Crippen molar-refractivity contribution in [3.05, 3.63) is 53.6 Å². The topological polar surface area (TPSA) is 46.5 Å². The van der Waals surface area contributed by atoms with E-state index in [0.29, 0.717) is 11.3 Å². The number of ether oxygens (including phenoxy) is 1. The summed E-state index contributed by atoms with van der Waals surface area (Å²) in [5.74, 6) is -0.261. The fourth-order valence-corrected chi connectivity index (χ4v) is 1.94. The minimum Gasteiger partial charge on any atom is -0.496 e. The van der Waals surface area contributed by atoms with Gasteiger partial charge < -0.3 is 9.84 Å². The number of aromatic carboxylic acids is 1. The Morgan fingerprint density at radius 2 is 1.83 bits per heavy atom. The zero-order valence-corrected chi connectivity index (χ0v) is 10.3. The number of carbonyl (C=O) groups is 1. The van der Waals surface area contributed by atoms with Crippen LogP contribution >= 0.6 is 0 Å². The van der Waals surface area contributed by atoms with Crippen LogP contribution in [0.5, 0.6) is 5.75 Å². The van der Waals surface area contributed by atoms with E-state index in [2.05, 4.69) is 0 Å². The molecule has 18 heavy (non-hydrogen) atoms. The van der Waals surface area contributed by atoms with Gasteiger partial charge in [0.1, 0.15) is 5.75 Å². The third-order valence-electron chi connectivity index (χ3n) is 2.80. The van der Waals surface area contributed by atoms with Gasteiger partial charge in [-0.1, -0.05) is 29.8 Å². The Labute approximate surface area is 106 Å². The molecule has 0 saturated heterocycles. The molecule has 2 aromatic carbocycles. The molecule has 0 aliphatic heterocycles. The Morgan fingerprint density at radius 1 is 1.11 bits per heavy atom. The standard InChI is InChI=1S/C15H14O3/c1-10-7-8-14(18-2)13(9-10)11-5-3-4-6-12(11)15(16)17/h3-9H,1-2H3,(H,16,17). The van der Waals surface area contributed by atoms with Crippen LogP contribution in [-0.4, -0.2) is 18.2 Å². The summed E-state index contributed by atoms with van der Waals surface area (Å²) >= 11 is 0. The first-order valence-corrected chi connectivity index (χ1v) is 5.61. The van der Waals surface area contributed by atoms with Gasteiger partial charge in [-0.05, 0) is 30.7 Å². The third-order valence-corrected chi connectivity index (χ3v) is 2.80. The highest BCUT2D eigenvalue weighted by Crippen LogP contribution is 2.33. The van der Waals surface area contributed by atoms with Gasteiger partial charge in [-0.15, -0.1) is 0 Å². The Bertz CT molecular complexity index is 588. The number of aryl methyl sites for hydroxylation is 1. The lowest BCUT2D eigenvalue weighted by Gasteiger charge is -2.11. The van der Waals surface area contributed by atoms with Crippen molar-refractivity contribution < 1.29 is 14.6 Å². The number of carboxylic acid groups (broad SMARTS) is 1. The van der Waals surface area contributed by atoms with E-state index in [9.17, 15) is 9.90 Å². The van der Waals surface area contributed by atoms with E-state index in [1.165, 1.54) is 0 Å². The maximum Gasteiger partial charge on any atom is 0.336 e. The van der Waals surface area contributed by atoms with Crippen molar-refractivity contribution in [1.29, 1.82) is 0 Å². The Hall–Kier alpha value is -2.29. The molecule has 0 aromatic heterocycles. The highest BCUT2D eigenvalue weighted by atomic mass is 16.5. The second-order valence-corrected chi connectivity index (χ2v) is 4.05. The number of carboxylic acids is 1. The monoisotopic (exact) mass is 242 g/mol. The summed E-state index contributed by atoms with van der Waals surface area (Å²) in [5.41, 5.74) is 2.81. The minimum absolute atomic E-state index is 0.279. The van der Waals surface area contributed by atoms with Gasteiger partial charge in [-0.3, -0.25) is 0 Å². The van der Waals surface area contributed by atoms with Crippen molar-refractivity contribution in [2.75, 3.05) is 7.11 Å². The van der Waals surface area contributed by atoms with Crippen molar-refractivity contribution in [2.45, 2.75) is 6.92 Å². The van der Waals surface area contributed by atoms with Crippen LogP contribution in [0.2, 0.25) is 0 Å². The summed E-state index contributed by atoms with van der Waals surface area (Å²) in [6, 6.07) is 12.6. The normalized spacial score (nSPS) is 10.1. The van der Waals surface area contributed by atoms with Gasteiger partial charge >= 0.3 is 5.97 Å². The van der Waals surface area contributed by atoms with E-state index in [0.717, 1.165) is 11.1 Å². The van der Waals surface area contributed by atoms with Crippen LogP contribution in [0.1, 0.15) is 15.9 Å². The summed E-state index contributed by atoms with van der Waals surface area (Å²) in [5, 5.41) is 9.22. The molecule has 0 aliphatic rings. The molecule has 0 aliphatic carbocycles. The van der Waals surface area contributed by atoms with Crippen LogP contribution in [-0.2, 0) is 0 Å². The molecular weight excluding hydrogens is 228 g/mol. The molecule has 0 heterocycles. The average Bonchev–Trinajstić information content (AvgIpc) is 2.38. The summed E-state index contributed by atoms with van der Waals surface area (Å²) in [7, 11) is 1.58. The van der Waals surface area contributed by atoms with Crippen molar-refractivity contribution in [1.82, 2.24) is 0 Å². The molecule has 3 heteroatoms. The molecule has 0 bridgehead atoms. The van der Waals surface area contributed by atoms with E-state index < -0.39 is 5.97 Å². The Morgan fingerprint density at radius 3 is 2.50 bits per heavy atom. The zero-order chi connectivity index (χ0) is 13.1. The molecule has 0 radical (unpaired) electrons. The van der Waals surface area contributed by atoms with Crippen LogP contribution in [0.15, 0.2) is 42.5 Å². The van der Waals surface area contributed by atoms with Crippen molar-refractivity contribution in [2.24, 2.45) is 0 Å².